The smallest absolute Gasteiger partial charge is 0.280 e. The van der Waals surface area contributed by atoms with Gasteiger partial charge in [0.25, 0.3) is 5.91 Å². The Morgan fingerprint density at radius 2 is 1.88 bits per heavy atom. The average Bonchev–Trinajstić information content (AvgIpc) is 3.11. The summed E-state index contributed by atoms with van der Waals surface area (Å²) in [4.78, 5) is 14.3. The first-order valence-electron chi connectivity index (χ1n) is 8.57. The van der Waals surface area contributed by atoms with E-state index in [1.807, 2.05) is 16.8 Å². The number of nitrogens with zero attached hydrogens (tertiary/aromatic N) is 4. The first-order valence-corrected chi connectivity index (χ1v) is 8.57. The molecule has 3 rings (SSSR count). The summed E-state index contributed by atoms with van der Waals surface area (Å²) < 4.78 is 1.84. The van der Waals surface area contributed by atoms with Crippen molar-refractivity contribution >= 4 is 24.0 Å². The molecule has 0 atom stereocenters. The first-order chi connectivity index (χ1) is 11.6. The molecule has 6 nitrogen and oxygen atoms in total. The first kappa shape index (κ1) is 19.4. The van der Waals surface area contributed by atoms with Gasteiger partial charge in [0, 0.05) is 12.7 Å². The largest absolute Gasteiger partial charge is 0.317 e. The lowest BCUT2D eigenvalue weighted by molar-refractivity contribution is 0.0988. The van der Waals surface area contributed by atoms with Crippen molar-refractivity contribution in [3.05, 3.63) is 41.7 Å². The van der Waals surface area contributed by atoms with Gasteiger partial charge in [0.1, 0.15) is 0 Å². The quantitative estimate of drug-likeness (QED) is 0.906. The van der Waals surface area contributed by atoms with E-state index in [2.05, 4.69) is 41.6 Å². The molecule has 0 unspecified atom stereocenters. The van der Waals surface area contributed by atoms with Gasteiger partial charge in [0.2, 0.25) is 0 Å². The van der Waals surface area contributed by atoms with Crippen LogP contribution in [0.5, 0.6) is 0 Å². The van der Waals surface area contributed by atoms with E-state index in [0.29, 0.717) is 17.7 Å². The number of aromatic nitrogens is 3. The van der Waals surface area contributed by atoms with E-state index in [-0.39, 0.29) is 18.3 Å². The zero-order chi connectivity index (χ0) is 17.1. The minimum atomic E-state index is -0.132. The normalized spacial score (nSPS) is 15.0. The summed E-state index contributed by atoms with van der Waals surface area (Å²) in [6.45, 7) is 6.28. The third kappa shape index (κ3) is 4.38. The number of halogens is 1. The third-order valence-corrected chi connectivity index (χ3v) is 4.66. The predicted octanol–water partition coefficient (Wildman–Crippen LogP) is 3.02. The van der Waals surface area contributed by atoms with Crippen LogP contribution in [0.15, 0.2) is 30.5 Å². The van der Waals surface area contributed by atoms with Gasteiger partial charge in [-0.1, -0.05) is 31.2 Å². The van der Waals surface area contributed by atoms with Gasteiger partial charge < -0.3 is 10.2 Å². The molecule has 1 aromatic carbocycles. The fourth-order valence-corrected chi connectivity index (χ4v) is 3.00. The Labute approximate surface area is 155 Å². The standard InChI is InChI=1S/C18H25N5O.ClH/c1-13(2)14-4-6-15(7-5-14)22(3)18(24)17-12-23(21-20-17)16-8-10-19-11-9-16;/h4-7,12-13,16,19H,8-11H2,1-3H3;1H. The number of hydrogen-bond acceptors (Lipinski definition) is 4. The highest BCUT2D eigenvalue weighted by molar-refractivity contribution is 6.04. The van der Waals surface area contributed by atoms with Crippen molar-refractivity contribution in [3.8, 4) is 0 Å². The summed E-state index contributed by atoms with van der Waals surface area (Å²) in [6.07, 6.45) is 3.81. The maximum absolute atomic E-state index is 12.7. The molecular weight excluding hydrogens is 338 g/mol. The number of hydrogen-bond donors (Lipinski definition) is 1. The topological polar surface area (TPSA) is 63.1 Å². The number of nitrogens with one attached hydrogen (secondary N) is 1. The lowest BCUT2D eigenvalue weighted by Gasteiger charge is -2.22. The minimum absolute atomic E-state index is 0. The van der Waals surface area contributed by atoms with Crippen molar-refractivity contribution in [1.82, 2.24) is 20.3 Å². The molecule has 1 fully saturated rings. The lowest BCUT2D eigenvalue weighted by atomic mass is 10.0. The Balaban J connectivity index is 0.00000225. The number of benzene rings is 1. The fourth-order valence-electron chi connectivity index (χ4n) is 3.00. The molecule has 0 bridgehead atoms. The number of carbonyl (C=O) groups is 1. The lowest BCUT2D eigenvalue weighted by Crippen LogP contribution is -2.29. The Kier molecular flexibility index (Phi) is 6.56. The van der Waals surface area contributed by atoms with Gasteiger partial charge in [0.05, 0.1) is 12.2 Å². The Morgan fingerprint density at radius 3 is 2.48 bits per heavy atom. The van der Waals surface area contributed by atoms with Crippen LogP contribution in [0.25, 0.3) is 0 Å². The van der Waals surface area contributed by atoms with E-state index in [0.717, 1.165) is 31.6 Å². The molecule has 25 heavy (non-hydrogen) atoms. The Bertz CT molecular complexity index is 692. The van der Waals surface area contributed by atoms with Crippen LogP contribution in [0.3, 0.4) is 0 Å². The van der Waals surface area contributed by atoms with Gasteiger partial charge in [-0.3, -0.25) is 4.79 Å². The van der Waals surface area contributed by atoms with Crippen molar-refractivity contribution in [2.75, 3.05) is 25.0 Å². The van der Waals surface area contributed by atoms with Gasteiger partial charge in [-0.2, -0.15) is 0 Å². The molecule has 0 radical (unpaired) electrons. The fraction of sp³-hybridized carbons (Fsp3) is 0.500. The molecule has 7 heteroatoms. The van der Waals surface area contributed by atoms with Crippen LogP contribution in [-0.2, 0) is 0 Å². The number of carbonyl (C=O) groups excluding carboxylic acids is 1. The van der Waals surface area contributed by atoms with Crippen molar-refractivity contribution < 1.29 is 4.79 Å². The van der Waals surface area contributed by atoms with Crippen LogP contribution >= 0.6 is 12.4 Å². The summed E-state index contributed by atoms with van der Waals surface area (Å²) in [7, 11) is 1.77. The summed E-state index contributed by atoms with van der Waals surface area (Å²) in [5.74, 6) is 0.345. The van der Waals surface area contributed by atoms with E-state index >= 15 is 0 Å². The second-order valence-corrected chi connectivity index (χ2v) is 6.68. The van der Waals surface area contributed by atoms with Crippen molar-refractivity contribution in [1.29, 1.82) is 0 Å². The Morgan fingerprint density at radius 1 is 1.24 bits per heavy atom. The summed E-state index contributed by atoms with van der Waals surface area (Å²) in [5.41, 5.74) is 2.52. The molecule has 1 amide bonds. The molecule has 2 aromatic rings. The third-order valence-electron chi connectivity index (χ3n) is 4.66. The summed E-state index contributed by atoms with van der Waals surface area (Å²) in [5, 5.41) is 11.6. The highest BCUT2D eigenvalue weighted by atomic mass is 35.5. The van der Waals surface area contributed by atoms with Gasteiger partial charge in [-0.25, -0.2) is 4.68 Å². The van der Waals surface area contributed by atoms with Crippen molar-refractivity contribution in [2.45, 2.75) is 38.6 Å². The maximum atomic E-state index is 12.7. The van der Waals surface area contributed by atoms with Crippen molar-refractivity contribution in [2.24, 2.45) is 0 Å². The minimum Gasteiger partial charge on any atom is -0.317 e. The number of rotatable bonds is 4. The molecule has 0 aliphatic carbocycles. The molecule has 136 valence electrons. The molecule has 1 saturated heterocycles. The number of anilines is 1. The molecule has 1 N–H and O–H groups in total. The summed E-state index contributed by atoms with van der Waals surface area (Å²) in [6, 6.07) is 8.41. The second kappa shape index (κ2) is 8.45. The molecule has 1 aliphatic rings. The van der Waals surface area contributed by atoms with Crippen molar-refractivity contribution in [3.63, 3.8) is 0 Å². The molecule has 1 aromatic heterocycles. The average molecular weight is 364 g/mol. The van der Waals surface area contributed by atoms with Gasteiger partial charge in [-0.05, 0) is 49.5 Å². The maximum Gasteiger partial charge on any atom is 0.280 e. The van der Waals surface area contributed by atoms with Crippen LogP contribution in [0.2, 0.25) is 0 Å². The monoisotopic (exact) mass is 363 g/mol. The van der Waals surface area contributed by atoms with Crippen LogP contribution in [0.4, 0.5) is 5.69 Å². The SMILES string of the molecule is CC(C)c1ccc(N(C)C(=O)c2cn(C3CCNCC3)nn2)cc1.Cl. The van der Waals surface area contributed by atoms with Crippen LogP contribution < -0.4 is 10.2 Å². The Hall–Kier alpha value is -1.92. The van der Waals surface area contributed by atoms with Gasteiger partial charge in [-0.15, -0.1) is 17.5 Å². The molecule has 1 aliphatic heterocycles. The highest BCUT2D eigenvalue weighted by Crippen LogP contribution is 2.21. The van der Waals surface area contributed by atoms with Gasteiger partial charge >= 0.3 is 0 Å². The molecular formula is C18H26ClN5O. The number of amides is 1. The molecule has 2 heterocycles. The van der Waals surface area contributed by atoms with Crippen LogP contribution in [-0.4, -0.2) is 41.0 Å². The zero-order valence-corrected chi connectivity index (χ0v) is 15.8. The summed E-state index contributed by atoms with van der Waals surface area (Å²) >= 11 is 0. The van der Waals surface area contributed by atoms with E-state index in [1.54, 1.807) is 18.1 Å². The number of piperidine rings is 1. The van der Waals surface area contributed by atoms with E-state index in [9.17, 15) is 4.79 Å². The highest BCUT2D eigenvalue weighted by Gasteiger charge is 2.21. The van der Waals surface area contributed by atoms with Gasteiger partial charge in [0.15, 0.2) is 5.69 Å². The second-order valence-electron chi connectivity index (χ2n) is 6.68. The van der Waals surface area contributed by atoms with Crippen LogP contribution in [0, 0.1) is 0 Å². The molecule has 0 spiro atoms. The van der Waals surface area contributed by atoms with E-state index in [1.165, 1.54) is 5.56 Å². The van der Waals surface area contributed by atoms with E-state index in [4.69, 9.17) is 0 Å². The zero-order valence-electron chi connectivity index (χ0n) is 15.0. The van der Waals surface area contributed by atoms with Crippen LogP contribution in [0.1, 0.15) is 54.7 Å². The van der Waals surface area contributed by atoms with E-state index < -0.39 is 0 Å². The molecule has 0 saturated carbocycles. The predicted molar refractivity (Wildman–Crippen MR) is 102 cm³/mol.